The molecular formula is C12H31NO2Si2. The van der Waals surface area contributed by atoms with Gasteiger partial charge in [0.25, 0.3) is 0 Å². The number of ether oxygens (including phenoxy) is 1. The zero-order valence-corrected chi connectivity index (χ0v) is 14.8. The van der Waals surface area contributed by atoms with Gasteiger partial charge in [-0.2, -0.15) is 0 Å². The number of likely N-dealkylation sites (N-methyl/N-ethyl adjacent to an activating group) is 1. The van der Waals surface area contributed by atoms with E-state index >= 15 is 0 Å². The fraction of sp³-hybridized carbons (Fsp3) is 1.00. The lowest BCUT2D eigenvalue weighted by Crippen LogP contribution is -2.42. The smallest absolute Gasteiger partial charge is 0.173 e. The largest absolute Gasteiger partial charge is 0.456 e. The first-order valence-corrected chi connectivity index (χ1v) is 13.1. The highest BCUT2D eigenvalue weighted by Crippen LogP contribution is 2.19. The summed E-state index contributed by atoms with van der Waals surface area (Å²) in [6, 6.07) is 1.21. The summed E-state index contributed by atoms with van der Waals surface area (Å²) < 4.78 is 11.9. The van der Waals surface area contributed by atoms with Gasteiger partial charge in [-0.15, -0.1) is 0 Å². The first-order valence-electron chi connectivity index (χ1n) is 6.55. The van der Waals surface area contributed by atoms with Crippen molar-refractivity contribution < 1.29 is 8.85 Å². The third-order valence-electron chi connectivity index (χ3n) is 2.33. The number of hydrogen-bond donors (Lipinski definition) is 0. The summed E-state index contributed by atoms with van der Waals surface area (Å²) in [7, 11) is 1.32. The summed E-state index contributed by atoms with van der Waals surface area (Å²) in [5.74, 6) is 0. The van der Waals surface area contributed by atoms with Crippen molar-refractivity contribution in [3.05, 3.63) is 0 Å². The van der Waals surface area contributed by atoms with Crippen LogP contribution in [0.25, 0.3) is 0 Å². The van der Waals surface area contributed by atoms with E-state index in [-0.39, 0.29) is 0 Å². The van der Waals surface area contributed by atoms with E-state index in [1.165, 1.54) is 6.04 Å². The van der Waals surface area contributed by atoms with Crippen LogP contribution in [0.5, 0.6) is 0 Å². The molecule has 0 aromatic rings. The van der Waals surface area contributed by atoms with Crippen LogP contribution >= 0.6 is 0 Å². The van der Waals surface area contributed by atoms with Crippen molar-refractivity contribution in [1.82, 2.24) is 4.90 Å². The lowest BCUT2D eigenvalue weighted by molar-refractivity contribution is 0.117. The minimum atomic E-state index is -1.45. The Hall–Kier alpha value is 0.314. The summed E-state index contributed by atoms with van der Waals surface area (Å²) in [5, 5.41) is 0. The second kappa shape index (κ2) is 7.68. The van der Waals surface area contributed by atoms with Gasteiger partial charge in [0, 0.05) is 13.2 Å². The van der Waals surface area contributed by atoms with Crippen LogP contribution in [0.15, 0.2) is 0 Å². The van der Waals surface area contributed by atoms with Crippen molar-refractivity contribution in [1.29, 1.82) is 0 Å². The van der Waals surface area contributed by atoms with Gasteiger partial charge in [-0.25, -0.2) is 0 Å². The molecule has 0 atom stereocenters. The van der Waals surface area contributed by atoms with E-state index in [9.17, 15) is 0 Å². The first-order chi connectivity index (χ1) is 7.62. The molecule has 0 aliphatic carbocycles. The van der Waals surface area contributed by atoms with Crippen LogP contribution in [0.2, 0.25) is 38.8 Å². The minimum Gasteiger partial charge on any atom is -0.456 e. The third-order valence-corrected chi connectivity index (χ3v) is 8.55. The second-order valence-electron chi connectivity index (χ2n) is 6.49. The van der Waals surface area contributed by atoms with E-state index in [4.69, 9.17) is 8.85 Å². The van der Waals surface area contributed by atoms with Gasteiger partial charge in [0.1, 0.15) is 0 Å². The average Bonchev–Trinajstić information content (AvgIpc) is 2.06. The van der Waals surface area contributed by atoms with Crippen LogP contribution in [0.4, 0.5) is 0 Å². The number of rotatable bonds is 9. The van der Waals surface area contributed by atoms with E-state index in [1.54, 1.807) is 0 Å². The van der Waals surface area contributed by atoms with E-state index < -0.39 is 16.6 Å². The quantitative estimate of drug-likeness (QED) is 0.478. The molecule has 0 rings (SSSR count). The Morgan fingerprint density at radius 3 is 2.00 bits per heavy atom. The molecule has 0 heterocycles. The van der Waals surface area contributed by atoms with Gasteiger partial charge in [0.05, 0.1) is 6.61 Å². The zero-order valence-electron chi connectivity index (χ0n) is 12.8. The Morgan fingerprint density at radius 1 is 0.941 bits per heavy atom. The lowest BCUT2D eigenvalue weighted by atomic mass is 10.5. The van der Waals surface area contributed by atoms with Crippen LogP contribution in [0.3, 0.4) is 0 Å². The van der Waals surface area contributed by atoms with Crippen molar-refractivity contribution in [2.24, 2.45) is 0 Å². The van der Waals surface area contributed by atoms with Crippen LogP contribution < -0.4 is 0 Å². The Balaban J connectivity index is 3.59. The standard InChI is InChI=1S/C12H31NO2Si2/c1-13(2)9-11-14-10-8-12-17(6,7)15-16(3,4)5/h8-12H2,1-7H3. The Labute approximate surface area is 110 Å². The first kappa shape index (κ1) is 17.3. The van der Waals surface area contributed by atoms with Gasteiger partial charge in [-0.05, 0) is 59.3 Å². The molecular weight excluding hydrogens is 246 g/mol. The lowest BCUT2D eigenvalue weighted by Gasteiger charge is -2.31. The predicted octanol–water partition coefficient (Wildman–Crippen LogP) is 3.01. The minimum absolute atomic E-state index is 0.837. The van der Waals surface area contributed by atoms with Gasteiger partial charge < -0.3 is 13.8 Å². The predicted molar refractivity (Wildman–Crippen MR) is 80.7 cm³/mol. The maximum Gasteiger partial charge on any atom is 0.173 e. The van der Waals surface area contributed by atoms with Gasteiger partial charge in [-0.3, -0.25) is 0 Å². The SMILES string of the molecule is CN(C)CCOCCC[Si](C)(C)O[Si](C)(C)C. The third kappa shape index (κ3) is 12.6. The van der Waals surface area contributed by atoms with Crippen LogP contribution in [0, 0.1) is 0 Å². The molecule has 0 aliphatic heterocycles. The van der Waals surface area contributed by atoms with Gasteiger partial charge in [0.15, 0.2) is 16.6 Å². The Bertz CT molecular complexity index is 203. The molecule has 0 saturated heterocycles. The highest BCUT2D eigenvalue weighted by atomic mass is 28.4. The highest BCUT2D eigenvalue weighted by Gasteiger charge is 2.28. The maximum atomic E-state index is 6.28. The molecule has 0 aromatic heterocycles. The van der Waals surface area contributed by atoms with Gasteiger partial charge in [0.2, 0.25) is 0 Å². The fourth-order valence-electron chi connectivity index (χ4n) is 1.83. The zero-order chi connectivity index (χ0) is 13.5. The van der Waals surface area contributed by atoms with E-state index in [0.29, 0.717) is 0 Å². The molecule has 5 heteroatoms. The molecule has 0 N–H and O–H groups in total. The van der Waals surface area contributed by atoms with Crippen LogP contribution in [-0.2, 0) is 8.85 Å². The molecule has 0 saturated carbocycles. The molecule has 104 valence electrons. The van der Waals surface area contributed by atoms with Crippen molar-refractivity contribution >= 4 is 16.6 Å². The Kier molecular flexibility index (Phi) is 7.83. The molecule has 0 spiro atoms. The fourth-order valence-corrected chi connectivity index (χ4v) is 9.86. The molecule has 0 unspecified atom stereocenters. The maximum absolute atomic E-state index is 6.28. The van der Waals surface area contributed by atoms with E-state index in [1.807, 2.05) is 0 Å². The molecule has 3 nitrogen and oxygen atoms in total. The van der Waals surface area contributed by atoms with Crippen molar-refractivity contribution in [3.63, 3.8) is 0 Å². The average molecular weight is 278 g/mol. The van der Waals surface area contributed by atoms with Crippen molar-refractivity contribution in [2.45, 2.75) is 45.2 Å². The van der Waals surface area contributed by atoms with Crippen molar-refractivity contribution in [2.75, 3.05) is 33.9 Å². The molecule has 0 bridgehead atoms. The number of nitrogens with zero attached hydrogens (tertiary/aromatic N) is 1. The monoisotopic (exact) mass is 277 g/mol. The van der Waals surface area contributed by atoms with Crippen LogP contribution in [-0.4, -0.2) is 55.4 Å². The van der Waals surface area contributed by atoms with Crippen LogP contribution in [0.1, 0.15) is 6.42 Å². The molecule has 0 aliphatic rings. The van der Waals surface area contributed by atoms with Crippen molar-refractivity contribution in [3.8, 4) is 0 Å². The summed E-state index contributed by atoms with van der Waals surface area (Å²) in [4.78, 5) is 2.15. The Morgan fingerprint density at radius 2 is 1.53 bits per heavy atom. The second-order valence-corrected chi connectivity index (χ2v) is 15.6. The molecule has 0 radical (unpaired) electrons. The summed E-state index contributed by atoms with van der Waals surface area (Å²) in [5.41, 5.74) is 0. The summed E-state index contributed by atoms with van der Waals surface area (Å²) >= 11 is 0. The van der Waals surface area contributed by atoms with Gasteiger partial charge >= 0.3 is 0 Å². The number of hydrogen-bond acceptors (Lipinski definition) is 3. The summed E-state index contributed by atoms with van der Waals surface area (Å²) in [6.07, 6.45) is 1.14. The summed E-state index contributed by atoms with van der Waals surface area (Å²) in [6.45, 7) is 14.2. The van der Waals surface area contributed by atoms with Gasteiger partial charge in [-0.1, -0.05) is 0 Å². The topological polar surface area (TPSA) is 21.7 Å². The molecule has 17 heavy (non-hydrogen) atoms. The van der Waals surface area contributed by atoms with E-state index in [0.717, 1.165) is 26.2 Å². The molecule has 0 aromatic carbocycles. The molecule has 0 fully saturated rings. The highest BCUT2D eigenvalue weighted by molar-refractivity contribution is 6.84. The van der Waals surface area contributed by atoms with E-state index in [2.05, 4.69) is 51.7 Å². The molecule has 0 amide bonds. The normalized spacial score (nSPS) is 13.4.